The molecule has 4 rings (SSSR count). The van der Waals surface area contributed by atoms with Crippen molar-refractivity contribution in [3.05, 3.63) is 86.3 Å². The predicted molar refractivity (Wildman–Crippen MR) is 123 cm³/mol. The fourth-order valence-corrected chi connectivity index (χ4v) is 4.47. The molecule has 0 aliphatic carbocycles. The first kappa shape index (κ1) is 22.3. The quantitative estimate of drug-likeness (QED) is 0.267. The highest BCUT2D eigenvalue weighted by Gasteiger charge is 2.48. The maximum Gasteiger partial charge on any atom is 0.300 e. The number of benzene rings is 2. The van der Waals surface area contributed by atoms with Crippen LogP contribution >= 0.6 is 34.8 Å². The normalized spacial score (nSPS) is 17.8. The number of aliphatic hydroxyl groups is 1. The number of anilines is 1. The van der Waals surface area contributed by atoms with E-state index < -0.39 is 23.5 Å². The van der Waals surface area contributed by atoms with Gasteiger partial charge in [-0.1, -0.05) is 40.9 Å². The van der Waals surface area contributed by atoms with Crippen molar-refractivity contribution >= 4 is 57.9 Å². The molecule has 6 nitrogen and oxygen atoms in total. The van der Waals surface area contributed by atoms with E-state index in [0.29, 0.717) is 22.2 Å². The van der Waals surface area contributed by atoms with E-state index in [1.165, 1.54) is 24.1 Å². The van der Waals surface area contributed by atoms with E-state index in [4.69, 9.17) is 44.0 Å². The summed E-state index contributed by atoms with van der Waals surface area (Å²) in [5.74, 6) is -1.06. The second-order valence-corrected chi connectivity index (χ2v) is 8.32. The lowest BCUT2D eigenvalue weighted by Gasteiger charge is -2.23. The number of amides is 1. The summed E-state index contributed by atoms with van der Waals surface area (Å²) in [4.78, 5) is 27.4. The second kappa shape index (κ2) is 8.54. The van der Waals surface area contributed by atoms with Gasteiger partial charge in [0.2, 0.25) is 0 Å². The number of rotatable bonds is 4. The summed E-state index contributed by atoms with van der Waals surface area (Å²) < 4.78 is 10.9. The van der Waals surface area contributed by atoms with Crippen LogP contribution in [-0.4, -0.2) is 23.9 Å². The highest BCUT2D eigenvalue weighted by atomic mass is 35.5. The number of hydrogen-bond donors (Lipinski definition) is 1. The van der Waals surface area contributed by atoms with Crippen molar-refractivity contribution < 1.29 is 23.8 Å². The van der Waals surface area contributed by atoms with Crippen LogP contribution in [0.2, 0.25) is 15.1 Å². The minimum absolute atomic E-state index is 0.135. The van der Waals surface area contributed by atoms with Crippen molar-refractivity contribution in [2.24, 2.45) is 0 Å². The molecule has 0 radical (unpaired) electrons. The minimum Gasteiger partial charge on any atom is -0.507 e. The van der Waals surface area contributed by atoms with Gasteiger partial charge in [-0.05, 0) is 49.4 Å². The Hall–Kier alpha value is -2.93. The van der Waals surface area contributed by atoms with Crippen molar-refractivity contribution in [2.75, 3.05) is 12.0 Å². The van der Waals surface area contributed by atoms with Crippen molar-refractivity contribution in [1.82, 2.24) is 0 Å². The van der Waals surface area contributed by atoms with Crippen LogP contribution in [0.15, 0.2) is 58.5 Å². The second-order valence-electron chi connectivity index (χ2n) is 7.07. The molecule has 1 atom stereocenters. The molecule has 1 aromatic heterocycles. The number of furan rings is 1. The van der Waals surface area contributed by atoms with Gasteiger partial charge in [0, 0.05) is 16.3 Å². The van der Waals surface area contributed by atoms with E-state index in [-0.39, 0.29) is 26.9 Å². The van der Waals surface area contributed by atoms with E-state index >= 15 is 0 Å². The third kappa shape index (κ3) is 3.75. The smallest absolute Gasteiger partial charge is 0.300 e. The molecule has 1 aliphatic heterocycles. The van der Waals surface area contributed by atoms with Gasteiger partial charge in [-0.15, -0.1) is 0 Å². The van der Waals surface area contributed by atoms with Crippen molar-refractivity contribution in [1.29, 1.82) is 0 Å². The molecular formula is C23H16Cl3NO5. The zero-order chi connectivity index (χ0) is 23.2. The summed E-state index contributed by atoms with van der Waals surface area (Å²) in [6.07, 6.45) is 0. The molecule has 3 aromatic rings. The van der Waals surface area contributed by atoms with E-state index in [0.717, 1.165) is 0 Å². The number of ketones is 1. The predicted octanol–water partition coefficient (Wildman–Crippen LogP) is 6.18. The van der Waals surface area contributed by atoms with E-state index in [1.54, 1.807) is 43.3 Å². The molecule has 1 fully saturated rings. The first-order valence-electron chi connectivity index (χ1n) is 9.39. The SMILES string of the molecule is COc1c(Cl)cc(/C(O)=C2/C(=O)C(=O)N(c3cccc(Cl)c3)C2c2ccc(C)o2)cc1Cl. The Morgan fingerprint density at radius 2 is 1.75 bits per heavy atom. The molecule has 1 unspecified atom stereocenters. The van der Waals surface area contributed by atoms with Crippen LogP contribution in [0, 0.1) is 6.92 Å². The van der Waals surface area contributed by atoms with E-state index in [1.807, 2.05) is 0 Å². The molecule has 0 saturated carbocycles. The highest BCUT2D eigenvalue weighted by Crippen LogP contribution is 2.44. The Bertz CT molecular complexity index is 1260. The lowest BCUT2D eigenvalue weighted by molar-refractivity contribution is -0.132. The molecular weight excluding hydrogens is 477 g/mol. The minimum atomic E-state index is -1.03. The fourth-order valence-electron chi connectivity index (χ4n) is 3.64. The zero-order valence-electron chi connectivity index (χ0n) is 16.9. The highest BCUT2D eigenvalue weighted by molar-refractivity contribution is 6.52. The fraction of sp³-hybridized carbons (Fsp3) is 0.130. The summed E-state index contributed by atoms with van der Waals surface area (Å²) in [6, 6.07) is 11.6. The number of carbonyl (C=O) groups excluding carboxylic acids is 2. The molecule has 0 bridgehead atoms. The summed E-state index contributed by atoms with van der Waals surface area (Å²) in [7, 11) is 1.41. The van der Waals surface area contributed by atoms with Crippen LogP contribution < -0.4 is 9.64 Å². The molecule has 0 spiro atoms. The van der Waals surface area contributed by atoms with Crippen LogP contribution in [0.25, 0.3) is 5.76 Å². The van der Waals surface area contributed by atoms with Crippen molar-refractivity contribution in [2.45, 2.75) is 13.0 Å². The average Bonchev–Trinajstić information content (AvgIpc) is 3.28. The van der Waals surface area contributed by atoms with Crippen LogP contribution in [0.1, 0.15) is 23.1 Å². The van der Waals surface area contributed by atoms with Crippen LogP contribution in [0.4, 0.5) is 5.69 Å². The standard InChI is InChI=1S/C23H16Cl3NO5/c1-11-6-7-17(32-11)19-18(20(28)12-8-15(25)22(31-2)16(26)9-12)21(29)23(30)27(19)14-5-3-4-13(24)10-14/h3-10,19,28H,1-2H3/b20-18-. The van der Waals surface area contributed by atoms with E-state index in [2.05, 4.69) is 0 Å². The largest absolute Gasteiger partial charge is 0.507 e. The Balaban J connectivity index is 1.95. The van der Waals surface area contributed by atoms with Gasteiger partial charge in [0.05, 0.1) is 22.7 Å². The number of nitrogens with zero attached hydrogens (tertiary/aromatic N) is 1. The first-order valence-corrected chi connectivity index (χ1v) is 10.5. The number of aliphatic hydroxyl groups excluding tert-OH is 1. The Kier molecular flexibility index (Phi) is 5.95. The van der Waals surface area contributed by atoms with Gasteiger partial charge in [0.15, 0.2) is 5.75 Å². The average molecular weight is 493 g/mol. The third-order valence-electron chi connectivity index (χ3n) is 5.04. The molecule has 1 amide bonds. The number of carbonyl (C=O) groups is 2. The number of hydrogen-bond acceptors (Lipinski definition) is 5. The third-order valence-corrected chi connectivity index (χ3v) is 5.83. The molecule has 2 aromatic carbocycles. The lowest BCUT2D eigenvalue weighted by atomic mass is 9.99. The number of methoxy groups -OCH3 is 1. The van der Waals surface area contributed by atoms with Gasteiger partial charge in [-0.2, -0.15) is 0 Å². The topological polar surface area (TPSA) is 80.0 Å². The van der Waals surface area contributed by atoms with Gasteiger partial charge in [0.25, 0.3) is 11.7 Å². The van der Waals surface area contributed by atoms with Crippen LogP contribution in [0.5, 0.6) is 5.75 Å². The van der Waals surface area contributed by atoms with Gasteiger partial charge < -0.3 is 14.3 Å². The van der Waals surface area contributed by atoms with Gasteiger partial charge in [-0.3, -0.25) is 14.5 Å². The van der Waals surface area contributed by atoms with Crippen LogP contribution in [0.3, 0.4) is 0 Å². The van der Waals surface area contributed by atoms with Crippen molar-refractivity contribution in [3.63, 3.8) is 0 Å². The number of Topliss-reactive ketones (excluding diaryl/α,β-unsaturated/α-hetero) is 1. The number of ether oxygens (including phenoxy) is 1. The van der Waals surface area contributed by atoms with Crippen molar-refractivity contribution in [3.8, 4) is 5.75 Å². The first-order chi connectivity index (χ1) is 15.2. The van der Waals surface area contributed by atoms with Gasteiger partial charge >= 0.3 is 0 Å². The number of halogens is 3. The maximum atomic E-state index is 13.1. The molecule has 1 N–H and O–H groups in total. The van der Waals surface area contributed by atoms with Gasteiger partial charge in [-0.25, -0.2) is 0 Å². The molecule has 164 valence electrons. The molecule has 9 heteroatoms. The summed E-state index contributed by atoms with van der Waals surface area (Å²) >= 11 is 18.5. The molecule has 1 aliphatic rings. The summed E-state index contributed by atoms with van der Waals surface area (Å²) in [6.45, 7) is 1.73. The van der Waals surface area contributed by atoms with Gasteiger partial charge in [0.1, 0.15) is 23.3 Å². The summed E-state index contributed by atoms with van der Waals surface area (Å²) in [5, 5.41) is 11.8. The molecule has 2 heterocycles. The molecule has 32 heavy (non-hydrogen) atoms. The van der Waals surface area contributed by atoms with E-state index in [9.17, 15) is 14.7 Å². The molecule has 1 saturated heterocycles. The Morgan fingerprint density at radius 1 is 1.06 bits per heavy atom. The Labute approximate surface area is 198 Å². The Morgan fingerprint density at radius 3 is 2.31 bits per heavy atom. The maximum absolute atomic E-state index is 13.1. The lowest BCUT2D eigenvalue weighted by Crippen LogP contribution is -2.29. The monoisotopic (exact) mass is 491 g/mol. The summed E-state index contributed by atoms with van der Waals surface area (Å²) in [5.41, 5.74) is 0.364. The zero-order valence-corrected chi connectivity index (χ0v) is 19.1. The van der Waals surface area contributed by atoms with Crippen LogP contribution in [-0.2, 0) is 9.59 Å². The number of aryl methyl sites for hydroxylation is 1.